The van der Waals surface area contributed by atoms with Crippen LogP contribution in [-0.4, -0.2) is 24.2 Å². The van der Waals surface area contributed by atoms with Gasteiger partial charge < -0.3 is 10.4 Å². The van der Waals surface area contributed by atoms with E-state index in [0.717, 1.165) is 25.8 Å². The van der Waals surface area contributed by atoms with Crippen LogP contribution in [0.25, 0.3) is 0 Å². The number of nitrogens with one attached hydrogen (secondary N) is 1. The van der Waals surface area contributed by atoms with Crippen molar-refractivity contribution in [3.63, 3.8) is 0 Å². The molecule has 3 heteroatoms. The van der Waals surface area contributed by atoms with Crippen LogP contribution in [0.15, 0.2) is 0 Å². The van der Waals surface area contributed by atoms with Gasteiger partial charge in [0.1, 0.15) is 0 Å². The summed E-state index contributed by atoms with van der Waals surface area (Å²) in [6.45, 7) is 3.65. The highest BCUT2D eigenvalue weighted by Crippen LogP contribution is 2.45. The second kappa shape index (κ2) is 3.22. The lowest BCUT2D eigenvalue weighted by molar-refractivity contribution is -0.143. The molecule has 0 atom stereocenters. The van der Waals surface area contributed by atoms with E-state index in [0.29, 0.717) is 6.54 Å². The summed E-state index contributed by atoms with van der Waals surface area (Å²) in [5, 5.41) is 11.9. The van der Waals surface area contributed by atoms with Crippen LogP contribution in [0.1, 0.15) is 26.2 Å². The van der Waals surface area contributed by atoms with Crippen LogP contribution in [0.2, 0.25) is 0 Å². The largest absolute Gasteiger partial charge is 0.481 e. The molecule has 0 aromatic heterocycles. The Morgan fingerprint density at radius 1 is 1.64 bits per heavy atom. The summed E-state index contributed by atoms with van der Waals surface area (Å²) in [6.07, 6.45) is 2.76. The van der Waals surface area contributed by atoms with E-state index in [1.807, 2.05) is 0 Å². The van der Waals surface area contributed by atoms with Gasteiger partial charge in [0.15, 0.2) is 0 Å². The first-order valence-corrected chi connectivity index (χ1v) is 4.15. The topological polar surface area (TPSA) is 49.3 Å². The van der Waals surface area contributed by atoms with Gasteiger partial charge in [0, 0.05) is 6.54 Å². The van der Waals surface area contributed by atoms with Gasteiger partial charge in [0.2, 0.25) is 0 Å². The molecule has 0 aliphatic heterocycles. The molecule has 0 spiro atoms. The molecular formula is C8H15NO2. The second-order valence-corrected chi connectivity index (χ2v) is 3.26. The van der Waals surface area contributed by atoms with Gasteiger partial charge in [-0.15, -0.1) is 0 Å². The van der Waals surface area contributed by atoms with Gasteiger partial charge in [0.25, 0.3) is 0 Å². The van der Waals surface area contributed by atoms with Crippen molar-refractivity contribution in [2.75, 3.05) is 13.1 Å². The lowest BCUT2D eigenvalue weighted by atomic mass is 10.1. The van der Waals surface area contributed by atoms with Crippen LogP contribution >= 0.6 is 0 Å². The highest BCUT2D eigenvalue weighted by atomic mass is 16.4. The summed E-state index contributed by atoms with van der Waals surface area (Å²) >= 11 is 0. The van der Waals surface area contributed by atoms with Gasteiger partial charge in [0.05, 0.1) is 5.41 Å². The van der Waals surface area contributed by atoms with Gasteiger partial charge in [-0.05, 0) is 25.8 Å². The number of hydrogen-bond acceptors (Lipinski definition) is 2. The van der Waals surface area contributed by atoms with Crippen molar-refractivity contribution in [2.45, 2.75) is 26.2 Å². The van der Waals surface area contributed by atoms with E-state index >= 15 is 0 Å². The van der Waals surface area contributed by atoms with Gasteiger partial charge in [-0.2, -0.15) is 0 Å². The summed E-state index contributed by atoms with van der Waals surface area (Å²) in [6, 6.07) is 0. The van der Waals surface area contributed by atoms with Crippen molar-refractivity contribution in [2.24, 2.45) is 5.41 Å². The second-order valence-electron chi connectivity index (χ2n) is 3.26. The third-order valence-electron chi connectivity index (χ3n) is 2.20. The van der Waals surface area contributed by atoms with E-state index < -0.39 is 11.4 Å². The number of carboxylic acids is 1. The molecule has 0 aromatic carbocycles. The zero-order chi connectivity index (χ0) is 8.32. The molecule has 1 aliphatic carbocycles. The minimum atomic E-state index is -0.638. The molecule has 1 saturated carbocycles. The minimum absolute atomic E-state index is 0.394. The zero-order valence-corrected chi connectivity index (χ0v) is 6.89. The van der Waals surface area contributed by atoms with Gasteiger partial charge in [-0.25, -0.2) is 0 Å². The minimum Gasteiger partial charge on any atom is -0.481 e. The number of carbonyl (C=O) groups is 1. The zero-order valence-electron chi connectivity index (χ0n) is 6.89. The Morgan fingerprint density at radius 3 is 2.64 bits per heavy atom. The molecule has 3 nitrogen and oxygen atoms in total. The van der Waals surface area contributed by atoms with Gasteiger partial charge in [-0.3, -0.25) is 4.79 Å². The maximum Gasteiger partial charge on any atom is 0.310 e. The van der Waals surface area contributed by atoms with E-state index in [9.17, 15) is 4.79 Å². The van der Waals surface area contributed by atoms with Crippen molar-refractivity contribution in [1.82, 2.24) is 5.32 Å². The molecule has 1 rings (SSSR count). The average Bonchev–Trinajstić information content (AvgIpc) is 2.70. The molecule has 0 bridgehead atoms. The van der Waals surface area contributed by atoms with Crippen LogP contribution in [0.4, 0.5) is 0 Å². The fourth-order valence-electron chi connectivity index (χ4n) is 1.12. The van der Waals surface area contributed by atoms with Crippen LogP contribution < -0.4 is 5.32 Å². The van der Waals surface area contributed by atoms with Crippen LogP contribution in [0.5, 0.6) is 0 Å². The van der Waals surface area contributed by atoms with Crippen molar-refractivity contribution in [3.05, 3.63) is 0 Å². The summed E-state index contributed by atoms with van der Waals surface area (Å²) in [4.78, 5) is 10.6. The third kappa shape index (κ3) is 1.93. The summed E-state index contributed by atoms with van der Waals surface area (Å²) in [5.74, 6) is -0.638. The Hall–Kier alpha value is -0.570. The van der Waals surface area contributed by atoms with Crippen LogP contribution in [0.3, 0.4) is 0 Å². The summed E-state index contributed by atoms with van der Waals surface area (Å²) in [7, 11) is 0. The van der Waals surface area contributed by atoms with E-state index in [2.05, 4.69) is 12.2 Å². The quantitative estimate of drug-likeness (QED) is 0.582. The first-order valence-electron chi connectivity index (χ1n) is 4.15. The molecule has 64 valence electrons. The predicted molar refractivity (Wildman–Crippen MR) is 42.5 cm³/mol. The van der Waals surface area contributed by atoms with Crippen molar-refractivity contribution in [3.8, 4) is 0 Å². The molecule has 0 radical (unpaired) electrons. The smallest absolute Gasteiger partial charge is 0.310 e. The van der Waals surface area contributed by atoms with Gasteiger partial charge in [-0.1, -0.05) is 6.92 Å². The Kier molecular flexibility index (Phi) is 2.49. The standard InChI is InChI=1S/C8H15NO2/c1-2-5-9-6-8(3-4-8)7(10)11/h9H,2-6H2,1H3,(H,10,11). The first kappa shape index (κ1) is 8.53. The summed E-state index contributed by atoms with van der Waals surface area (Å²) in [5.41, 5.74) is -0.394. The third-order valence-corrected chi connectivity index (χ3v) is 2.20. The fraction of sp³-hybridized carbons (Fsp3) is 0.875. The lowest BCUT2D eigenvalue weighted by Crippen LogP contribution is -2.30. The van der Waals surface area contributed by atoms with Crippen LogP contribution in [0, 0.1) is 5.41 Å². The molecule has 0 saturated heterocycles. The molecular weight excluding hydrogens is 142 g/mol. The van der Waals surface area contributed by atoms with Crippen molar-refractivity contribution in [1.29, 1.82) is 0 Å². The Labute approximate surface area is 66.8 Å². The maximum absolute atomic E-state index is 10.6. The molecule has 0 aromatic rings. The molecule has 11 heavy (non-hydrogen) atoms. The van der Waals surface area contributed by atoms with Crippen molar-refractivity contribution < 1.29 is 9.90 Å². The van der Waals surface area contributed by atoms with Crippen LogP contribution in [-0.2, 0) is 4.79 Å². The normalized spacial score (nSPS) is 19.7. The van der Waals surface area contributed by atoms with Crippen molar-refractivity contribution >= 4 is 5.97 Å². The Morgan fingerprint density at radius 2 is 2.27 bits per heavy atom. The highest BCUT2D eigenvalue weighted by molar-refractivity contribution is 5.78. The molecule has 0 amide bonds. The number of carboxylic acid groups (broad SMARTS) is 1. The van der Waals surface area contributed by atoms with E-state index in [4.69, 9.17) is 5.11 Å². The maximum atomic E-state index is 10.6. The Balaban J connectivity index is 2.20. The summed E-state index contributed by atoms with van der Waals surface area (Å²) < 4.78 is 0. The van der Waals surface area contributed by atoms with E-state index in [-0.39, 0.29) is 0 Å². The number of aliphatic carboxylic acids is 1. The molecule has 0 heterocycles. The number of rotatable bonds is 5. The Bertz CT molecular complexity index is 152. The lowest BCUT2D eigenvalue weighted by Gasteiger charge is -2.09. The molecule has 2 N–H and O–H groups in total. The number of hydrogen-bond donors (Lipinski definition) is 2. The fourth-order valence-corrected chi connectivity index (χ4v) is 1.12. The monoisotopic (exact) mass is 157 g/mol. The molecule has 1 fully saturated rings. The van der Waals surface area contributed by atoms with E-state index in [1.165, 1.54) is 0 Å². The first-order chi connectivity index (χ1) is 5.21. The van der Waals surface area contributed by atoms with Gasteiger partial charge >= 0.3 is 5.97 Å². The average molecular weight is 157 g/mol. The highest BCUT2D eigenvalue weighted by Gasteiger charge is 2.49. The SMILES string of the molecule is CCCNCC1(C(=O)O)CC1. The molecule has 0 unspecified atom stereocenters. The molecule has 1 aliphatic rings. The predicted octanol–water partition coefficient (Wildman–Crippen LogP) is 0.851. The van der Waals surface area contributed by atoms with E-state index in [1.54, 1.807) is 0 Å².